The molecule has 0 aliphatic heterocycles. The van der Waals surface area contributed by atoms with Crippen LogP contribution in [0.15, 0.2) is 23.8 Å². The van der Waals surface area contributed by atoms with Gasteiger partial charge in [-0.25, -0.2) is 0 Å². The molecule has 0 saturated heterocycles. The summed E-state index contributed by atoms with van der Waals surface area (Å²) in [6.07, 6.45) is 2.74. The maximum atomic E-state index is 13.3. The van der Waals surface area contributed by atoms with Crippen LogP contribution in [0.4, 0.5) is 0 Å². The lowest BCUT2D eigenvalue weighted by Gasteiger charge is -2.41. The van der Waals surface area contributed by atoms with Gasteiger partial charge in [0.05, 0.1) is 29.4 Å². The summed E-state index contributed by atoms with van der Waals surface area (Å²) in [4.78, 5) is 39.3. The minimum Gasteiger partial charge on any atom is -0.493 e. The fourth-order valence-corrected chi connectivity index (χ4v) is 5.09. The number of rotatable bonds is 16. The van der Waals surface area contributed by atoms with Crippen molar-refractivity contribution in [3.8, 4) is 11.5 Å². The summed E-state index contributed by atoms with van der Waals surface area (Å²) in [6.45, 7) is 6.54. The monoisotopic (exact) mass is 660 g/mol. The average molecular weight is 661 g/mol. The lowest BCUT2D eigenvalue weighted by atomic mass is 9.87. The Bertz CT molecular complexity index is 1000. The highest BCUT2D eigenvalue weighted by atomic mass is 127. The van der Waals surface area contributed by atoms with Crippen LogP contribution in [-0.4, -0.2) is 91.0 Å². The number of hydrogen-bond acceptors (Lipinski definition) is 8. The number of methoxy groups -OCH3 is 1. The highest BCUT2D eigenvalue weighted by Gasteiger charge is 2.40. The van der Waals surface area contributed by atoms with Crippen molar-refractivity contribution in [3.05, 3.63) is 32.9 Å². The first-order valence-electron chi connectivity index (χ1n) is 13.3. The van der Waals surface area contributed by atoms with E-state index < -0.39 is 24.2 Å². The van der Waals surface area contributed by atoms with E-state index in [1.807, 2.05) is 43.4 Å². The van der Waals surface area contributed by atoms with E-state index >= 15 is 0 Å². The molecule has 39 heavy (non-hydrogen) atoms. The van der Waals surface area contributed by atoms with Crippen LogP contribution >= 0.6 is 22.6 Å². The molecule has 2 amide bonds. The predicted molar refractivity (Wildman–Crippen MR) is 155 cm³/mol. The first-order valence-corrected chi connectivity index (χ1v) is 14.4. The molecule has 11 heteroatoms. The molecule has 0 aromatic heterocycles. The Morgan fingerprint density at radius 2 is 2.03 bits per heavy atom. The van der Waals surface area contributed by atoms with Gasteiger partial charge in [0.25, 0.3) is 0 Å². The van der Waals surface area contributed by atoms with Crippen LogP contribution in [0, 0.1) is 3.57 Å². The zero-order chi connectivity index (χ0) is 28.9. The molecule has 0 saturated carbocycles. The summed E-state index contributed by atoms with van der Waals surface area (Å²) >= 11 is 2.02. The second kappa shape index (κ2) is 16.8. The second-order valence-electron chi connectivity index (χ2n) is 9.63. The summed E-state index contributed by atoms with van der Waals surface area (Å²) in [5.41, 5.74) is 0.746. The normalized spacial score (nSPS) is 18.9. The Balaban J connectivity index is 2.45. The first kappa shape index (κ1) is 33.0. The molecular weight excluding hydrogens is 619 g/mol. The fraction of sp³-hybridized carbons (Fsp3) is 0.607. The SMILES string of the molecule is CCCCC(=O)N(CCCOC(C)C)[C@@H]1CC(C(=O)NCCO)=C[C@H](Oc2c(I)cc(C=O)cc2OC)[C@H]1O. The van der Waals surface area contributed by atoms with E-state index in [1.54, 1.807) is 17.0 Å². The Kier molecular flexibility index (Phi) is 14.2. The van der Waals surface area contributed by atoms with Crippen molar-refractivity contribution in [1.29, 1.82) is 0 Å². The van der Waals surface area contributed by atoms with Crippen LogP contribution < -0.4 is 14.8 Å². The Labute approximate surface area is 244 Å². The van der Waals surface area contributed by atoms with Gasteiger partial charge in [-0.1, -0.05) is 13.3 Å². The van der Waals surface area contributed by atoms with Gasteiger partial charge < -0.3 is 34.6 Å². The molecule has 0 unspecified atom stereocenters. The van der Waals surface area contributed by atoms with Crippen LogP contribution in [0.3, 0.4) is 0 Å². The van der Waals surface area contributed by atoms with E-state index in [9.17, 15) is 24.6 Å². The molecule has 3 atom stereocenters. The van der Waals surface area contributed by atoms with Crippen LogP contribution in [0.1, 0.15) is 63.2 Å². The van der Waals surface area contributed by atoms with E-state index in [0.29, 0.717) is 64.9 Å². The molecule has 1 aromatic carbocycles. The van der Waals surface area contributed by atoms with E-state index in [0.717, 1.165) is 6.42 Å². The summed E-state index contributed by atoms with van der Waals surface area (Å²) in [5.74, 6) is 0.106. The van der Waals surface area contributed by atoms with Crippen molar-refractivity contribution in [2.45, 2.75) is 77.2 Å². The minimum atomic E-state index is -1.15. The quantitative estimate of drug-likeness (QED) is 0.140. The number of aldehydes is 1. The highest BCUT2D eigenvalue weighted by Crippen LogP contribution is 2.37. The number of aliphatic hydroxyl groups excluding tert-OH is 2. The van der Waals surface area contributed by atoms with Crippen LogP contribution in [0.5, 0.6) is 11.5 Å². The first-order chi connectivity index (χ1) is 18.7. The van der Waals surface area contributed by atoms with Crippen LogP contribution in [0.25, 0.3) is 0 Å². The molecule has 0 radical (unpaired) electrons. The molecule has 0 fully saturated rings. The number of nitrogens with zero attached hydrogens (tertiary/aromatic N) is 1. The van der Waals surface area contributed by atoms with Gasteiger partial charge in [0.2, 0.25) is 11.8 Å². The number of amides is 2. The Morgan fingerprint density at radius 1 is 1.28 bits per heavy atom. The summed E-state index contributed by atoms with van der Waals surface area (Å²) < 4.78 is 17.9. The van der Waals surface area contributed by atoms with Gasteiger partial charge in [-0.15, -0.1) is 0 Å². The Morgan fingerprint density at radius 3 is 2.64 bits per heavy atom. The molecule has 0 spiro atoms. The topological polar surface area (TPSA) is 135 Å². The molecular formula is C28H41IN2O8. The molecule has 0 heterocycles. The van der Waals surface area contributed by atoms with E-state index in [1.165, 1.54) is 13.2 Å². The van der Waals surface area contributed by atoms with E-state index in [-0.39, 0.29) is 31.6 Å². The standard InChI is InChI=1S/C28H41IN2O8/c1-5-6-8-25(34)31(10-7-12-38-18(2)3)22-15-20(28(36)30-9-11-32)16-23(26(22)35)39-27-21(29)13-19(17-33)14-24(27)37-4/h13-14,16-18,22-23,26,32,35H,5-12,15H2,1-4H3,(H,30,36)/t22-,23+,26+/m1/s1. The number of aliphatic hydroxyl groups is 2. The third-order valence-corrected chi connectivity index (χ3v) is 7.12. The molecule has 10 nitrogen and oxygen atoms in total. The maximum absolute atomic E-state index is 13.3. The number of benzene rings is 1. The number of hydrogen-bond donors (Lipinski definition) is 3. The number of carbonyl (C=O) groups excluding carboxylic acids is 3. The van der Waals surface area contributed by atoms with E-state index in [4.69, 9.17) is 14.2 Å². The average Bonchev–Trinajstić information content (AvgIpc) is 2.92. The predicted octanol–water partition coefficient (Wildman–Crippen LogP) is 2.86. The van der Waals surface area contributed by atoms with Crippen molar-refractivity contribution in [3.63, 3.8) is 0 Å². The third kappa shape index (κ3) is 9.73. The lowest BCUT2D eigenvalue weighted by molar-refractivity contribution is -0.139. The molecule has 2 rings (SSSR count). The zero-order valence-electron chi connectivity index (χ0n) is 23.2. The van der Waals surface area contributed by atoms with Gasteiger partial charge in [-0.2, -0.15) is 0 Å². The van der Waals surface area contributed by atoms with E-state index in [2.05, 4.69) is 5.32 Å². The van der Waals surface area contributed by atoms with Gasteiger partial charge in [0.1, 0.15) is 18.5 Å². The van der Waals surface area contributed by atoms with Crippen molar-refractivity contribution in [1.82, 2.24) is 10.2 Å². The van der Waals surface area contributed by atoms with Gasteiger partial charge >= 0.3 is 0 Å². The smallest absolute Gasteiger partial charge is 0.247 e. The molecule has 3 N–H and O–H groups in total. The van der Waals surface area contributed by atoms with Crippen LogP contribution in [-0.2, 0) is 14.3 Å². The van der Waals surface area contributed by atoms with Crippen LogP contribution in [0.2, 0.25) is 0 Å². The van der Waals surface area contributed by atoms with Gasteiger partial charge in [0.15, 0.2) is 11.5 Å². The molecule has 1 aromatic rings. The summed E-state index contributed by atoms with van der Waals surface area (Å²) in [7, 11) is 1.45. The Hall–Kier alpha value is -2.22. The van der Waals surface area contributed by atoms with Crippen molar-refractivity contribution < 1.29 is 38.8 Å². The largest absolute Gasteiger partial charge is 0.493 e. The number of halogens is 1. The number of unbranched alkanes of at least 4 members (excludes halogenated alkanes) is 1. The van der Waals surface area contributed by atoms with Crippen molar-refractivity contribution in [2.75, 3.05) is 33.4 Å². The number of carbonyl (C=O) groups is 3. The molecule has 0 bridgehead atoms. The van der Waals surface area contributed by atoms with Gasteiger partial charge in [-0.05, 0) is 67.5 Å². The fourth-order valence-electron chi connectivity index (χ4n) is 4.34. The number of ether oxygens (including phenoxy) is 3. The highest BCUT2D eigenvalue weighted by molar-refractivity contribution is 14.1. The minimum absolute atomic E-state index is 0.0557. The third-order valence-electron chi connectivity index (χ3n) is 6.32. The summed E-state index contributed by atoms with van der Waals surface area (Å²) in [5, 5.41) is 23.4. The molecule has 218 valence electrons. The summed E-state index contributed by atoms with van der Waals surface area (Å²) in [6, 6.07) is 2.44. The van der Waals surface area contributed by atoms with Gasteiger partial charge in [-0.3, -0.25) is 14.4 Å². The van der Waals surface area contributed by atoms with Crippen molar-refractivity contribution in [2.24, 2.45) is 0 Å². The van der Waals surface area contributed by atoms with Crippen molar-refractivity contribution >= 4 is 40.7 Å². The maximum Gasteiger partial charge on any atom is 0.247 e. The zero-order valence-corrected chi connectivity index (χ0v) is 25.3. The van der Waals surface area contributed by atoms with Gasteiger partial charge in [0, 0.05) is 43.7 Å². The number of nitrogens with one attached hydrogen (secondary N) is 1. The second-order valence-corrected chi connectivity index (χ2v) is 10.8. The lowest BCUT2D eigenvalue weighted by Crippen LogP contribution is -2.55. The molecule has 1 aliphatic carbocycles. The molecule has 1 aliphatic rings.